The lowest BCUT2D eigenvalue weighted by atomic mass is 9.94. The van der Waals surface area contributed by atoms with Crippen LogP contribution in [0.4, 0.5) is 0 Å². The SMILES string of the molecule is Cc1ccccc1-c1cccc2c1O[C@H](CN)CC2.Cl. The molecule has 20 heavy (non-hydrogen) atoms. The van der Waals surface area contributed by atoms with E-state index < -0.39 is 0 Å². The van der Waals surface area contributed by atoms with Gasteiger partial charge in [-0.25, -0.2) is 0 Å². The smallest absolute Gasteiger partial charge is 0.130 e. The van der Waals surface area contributed by atoms with Crippen LogP contribution in [0.15, 0.2) is 42.5 Å². The topological polar surface area (TPSA) is 35.2 Å². The Kier molecular flexibility index (Phi) is 4.69. The molecule has 1 aliphatic rings. The summed E-state index contributed by atoms with van der Waals surface area (Å²) in [6, 6.07) is 14.8. The third kappa shape index (κ3) is 2.67. The van der Waals surface area contributed by atoms with Crippen LogP contribution in [0.2, 0.25) is 0 Å². The van der Waals surface area contributed by atoms with Gasteiger partial charge < -0.3 is 10.5 Å². The summed E-state index contributed by atoms with van der Waals surface area (Å²) < 4.78 is 6.10. The standard InChI is InChI=1S/C17H19NO.ClH/c1-12-5-2-3-7-15(12)16-8-4-6-13-9-10-14(11-18)19-17(13)16;/h2-8,14H,9-11,18H2,1H3;1H/t14-;/m0./s1. The largest absolute Gasteiger partial charge is 0.488 e. The fourth-order valence-corrected chi connectivity index (χ4v) is 2.72. The van der Waals surface area contributed by atoms with Crippen LogP contribution in [-0.4, -0.2) is 12.6 Å². The minimum absolute atomic E-state index is 0. The zero-order valence-electron chi connectivity index (χ0n) is 11.6. The number of hydrogen-bond donors (Lipinski definition) is 1. The Morgan fingerprint density at radius 3 is 2.60 bits per heavy atom. The highest BCUT2D eigenvalue weighted by Gasteiger charge is 2.21. The van der Waals surface area contributed by atoms with Crippen LogP contribution in [0.1, 0.15) is 17.5 Å². The lowest BCUT2D eigenvalue weighted by Gasteiger charge is -2.27. The number of rotatable bonds is 2. The summed E-state index contributed by atoms with van der Waals surface area (Å²) in [5, 5.41) is 0. The minimum Gasteiger partial charge on any atom is -0.488 e. The average Bonchev–Trinajstić information content (AvgIpc) is 2.47. The fraction of sp³-hybridized carbons (Fsp3) is 0.294. The first kappa shape index (κ1) is 14.9. The van der Waals surface area contributed by atoms with Crippen molar-refractivity contribution in [3.63, 3.8) is 0 Å². The second-order valence-corrected chi connectivity index (χ2v) is 5.12. The molecule has 0 aromatic heterocycles. The molecule has 3 rings (SSSR count). The van der Waals surface area contributed by atoms with Gasteiger partial charge in [-0.2, -0.15) is 0 Å². The molecular weight excluding hydrogens is 270 g/mol. The molecule has 0 amide bonds. The third-order valence-electron chi connectivity index (χ3n) is 3.81. The minimum atomic E-state index is 0. The summed E-state index contributed by atoms with van der Waals surface area (Å²) in [5.41, 5.74) is 10.8. The van der Waals surface area contributed by atoms with Gasteiger partial charge in [0.1, 0.15) is 11.9 Å². The van der Waals surface area contributed by atoms with E-state index in [0.717, 1.165) is 18.6 Å². The molecule has 106 valence electrons. The van der Waals surface area contributed by atoms with Crippen LogP contribution in [0.5, 0.6) is 5.75 Å². The maximum Gasteiger partial charge on any atom is 0.130 e. The highest BCUT2D eigenvalue weighted by atomic mass is 35.5. The van der Waals surface area contributed by atoms with E-state index in [4.69, 9.17) is 10.5 Å². The van der Waals surface area contributed by atoms with Crippen molar-refractivity contribution in [3.05, 3.63) is 53.6 Å². The van der Waals surface area contributed by atoms with Gasteiger partial charge in [0, 0.05) is 12.1 Å². The predicted octanol–water partition coefficient (Wildman–Crippen LogP) is 3.74. The number of benzene rings is 2. The Bertz CT molecular complexity index is 597. The monoisotopic (exact) mass is 289 g/mol. The summed E-state index contributed by atoms with van der Waals surface area (Å²) in [7, 11) is 0. The molecule has 0 radical (unpaired) electrons. The first-order valence-corrected chi connectivity index (χ1v) is 6.84. The first-order chi connectivity index (χ1) is 9.29. The van der Waals surface area contributed by atoms with Crippen molar-refractivity contribution in [2.24, 2.45) is 5.73 Å². The molecule has 0 bridgehead atoms. The van der Waals surface area contributed by atoms with Crippen LogP contribution in [0.25, 0.3) is 11.1 Å². The van der Waals surface area contributed by atoms with E-state index >= 15 is 0 Å². The van der Waals surface area contributed by atoms with Gasteiger partial charge in [-0.3, -0.25) is 0 Å². The van der Waals surface area contributed by atoms with Crippen LogP contribution in [0.3, 0.4) is 0 Å². The van der Waals surface area contributed by atoms with Crippen molar-refractivity contribution in [2.75, 3.05) is 6.54 Å². The molecule has 1 heterocycles. The van der Waals surface area contributed by atoms with Gasteiger partial charge in [-0.15, -0.1) is 12.4 Å². The van der Waals surface area contributed by atoms with Gasteiger partial charge in [0.25, 0.3) is 0 Å². The average molecular weight is 290 g/mol. The lowest BCUT2D eigenvalue weighted by Crippen LogP contribution is -2.30. The van der Waals surface area contributed by atoms with E-state index in [9.17, 15) is 0 Å². The molecular formula is C17H20ClNO. The van der Waals surface area contributed by atoms with Gasteiger partial charge in [0.15, 0.2) is 0 Å². The molecule has 2 nitrogen and oxygen atoms in total. The molecule has 0 fully saturated rings. The van der Waals surface area contributed by atoms with Crippen LogP contribution < -0.4 is 10.5 Å². The second kappa shape index (κ2) is 6.29. The Morgan fingerprint density at radius 2 is 1.85 bits per heavy atom. The number of halogens is 1. The van der Waals surface area contributed by atoms with Crippen LogP contribution in [0, 0.1) is 6.92 Å². The lowest BCUT2D eigenvalue weighted by molar-refractivity contribution is 0.182. The highest BCUT2D eigenvalue weighted by Crippen LogP contribution is 2.38. The van der Waals surface area contributed by atoms with Crippen molar-refractivity contribution in [2.45, 2.75) is 25.9 Å². The predicted molar refractivity (Wildman–Crippen MR) is 85.7 cm³/mol. The van der Waals surface area contributed by atoms with Gasteiger partial charge in [-0.05, 0) is 36.5 Å². The number of hydrogen-bond acceptors (Lipinski definition) is 2. The Labute approximate surface area is 126 Å². The van der Waals surface area contributed by atoms with Crippen molar-refractivity contribution < 1.29 is 4.74 Å². The zero-order valence-corrected chi connectivity index (χ0v) is 12.5. The van der Waals surface area contributed by atoms with Crippen molar-refractivity contribution in [1.82, 2.24) is 0 Å². The van der Waals surface area contributed by atoms with Gasteiger partial charge in [0.2, 0.25) is 0 Å². The van der Waals surface area contributed by atoms with E-state index in [-0.39, 0.29) is 18.5 Å². The van der Waals surface area contributed by atoms with Crippen molar-refractivity contribution in [3.8, 4) is 16.9 Å². The molecule has 2 aromatic rings. The van der Waals surface area contributed by atoms with E-state index in [1.807, 2.05) is 0 Å². The van der Waals surface area contributed by atoms with Crippen molar-refractivity contribution in [1.29, 1.82) is 0 Å². The van der Waals surface area contributed by atoms with E-state index in [1.54, 1.807) is 0 Å². The molecule has 0 unspecified atom stereocenters. The molecule has 0 aliphatic carbocycles. The number of para-hydroxylation sites is 1. The Morgan fingerprint density at radius 1 is 1.10 bits per heavy atom. The van der Waals surface area contributed by atoms with Gasteiger partial charge in [-0.1, -0.05) is 42.5 Å². The van der Waals surface area contributed by atoms with Gasteiger partial charge >= 0.3 is 0 Å². The third-order valence-corrected chi connectivity index (χ3v) is 3.81. The molecule has 0 spiro atoms. The molecule has 0 saturated heterocycles. The molecule has 1 aliphatic heterocycles. The number of ether oxygens (including phenoxy) is 1. The summed E-state index contributed by atoms with van der Waals surface area (Å²) in [4.78, 5) is 0. The first-order valence-electron chi connectivity index (χ1n) is 6.84. The fourth-order valence-electron chi connectivity index (χ4n) is 2.72. The maximum atomic E-state index is 6.10. The zero-order chi connectivity index (χ0) is 13.2. The van der Waals surface area contributed by atoms with Crippen LogP contribution >= 0.6 is 12.4 Å². The maximum absolute atomic E-state index is 6.10. The molecule has 3 heteroatoms. The molecule has 2 N–H and O–H groups in total. The summed E-state index contributed by atoms with van der Waals surface area (Å²) in [5.74, 6) is 1.03. The second-order valence-electron chi connectivity index (χ2n) is 5.12. The summed E-state index contributed by atoms with van der Waals surface area (Å²) >= 11 is 0. The highest BCUT2D eigenvalue weighted by molar-refractivity contribution is 5.85. The normalized spacial score (nSPS) is 16.8. The Hall–Kier alpha value is -1.51. The van der Waals surface area contributed by atoms with Crippen LogP contribution in [-0.2, 0) is 6.42 Å². The quantitative estimate of drug-likeness (QED) is 0.914. The number of aryl methyl sites for hydroxylation is 2. The number of nitrogens with two attached hydrogens (primary N) is 1. The van der Waals surface area contributed by atoms with E-state index in [2.05, 4.69) is 49.4 Å². The number of fused-ring (bicyclic) bond motifs is 1. The molecule has 1 atom stereocenters. The van der Waals surface area contributed by atoms with Crippen molar-refractivity contribution >= 4 is 12.4 Å². The Balaban J connectivity index is 0.00000147. The van der Waals surface area contributed by atoms with E-state index in [1.165, 1.54) is 22.3 Å². The van der Waals surface area contributed by atoms with Gasteiger partial charge in [0.05, 0.1) is 0 Å². The summed E-state index contributed by atoms with van der Waals surface area (Å²) in [6.45, 7) is 2.72. The molecule has 0 saturated carbocycles. The molecule has 2 aromatic carbocycles. The summed E-state index contributed by atoms with van der Waals surface area (Å²) in [6.07, 6.45) is 2.22. The van der Waals surface area contributed by atoms with E-state index in [0.29, 0.717) is 6.54 Å².